The molecular weight excluding hydrogens is 285 g/mol. The third-order valence-corrected chi connectivity index (χ3v) is 4.77. The lowest BCUT2D eigenvalue weighted by atomic mass is 10.0. The first-order chi connectivity index (χ1) is 10.1. The van der Waals surface area contributed by atoms with E-state index in [0.717, 1.165) is 11.1 Å². The summed E-state index contributed by atoms with van der Waals surface area (Å²) in [6, 6.07) is 17.0. The zero-order valence-corrected chi connectivity index (χ0v) is 12.2. The maximum Gasteiger partial charge on any atom is 0.352 e. The molecule has 1 unspecified atom stereocenters. The number of rotatable bonds is 3. The topological polar surface area (TPSA) is 60.8 Å². The van der Waals surface area contributed by atoms with Crippen molar-refractivity contribution in [2.24, 2.45) is 0 Å². The Hall–Kier alpha value is -1.87. The zero-order valence-electron chi connectivity index (χ0n) is 11.3. The molecule has 3 rings (SSSR count). The van der Waals surface area contributed by atoms with Crippen LogP contribution in [0, 0.1) is 0 Å². The maximum atomic E-state index is 12.0. The van der Waals surface area contributed by atoms with Crippen molar-refractivity contribution in [2.45, 2.75) is 12.3 Å². The van der Waals surface area contributed by atoms with Gasteiger partial charge in [0.2, 0.25) is 0 Å². The predicted octanol–water partition coefficient (Wildman–Crippen LogP) is 3.35. The number of fused-ring (bicyclic) bond motifs is 1. The molecule has 2 N–H and O–H groups in total. The molecule has 0 amide bonds. The Morgan fingerprint density at radius 2 is 1.67 bits per heavy atom. The lowest BCUT2D eigenvalue weighted by Crippen LogP contribution is -2.26. The van der Waals surface area contributed by atoms with Gasteiger partial charge in [-0.25, -0.2) is 0 Å². The SMILES string of the molecule is O=P(O)(O)C1c2ccccc2C=CN1Cc1ccccc1. The Bertz CT molecular complexity index is 708. The van der Waals surface area contributed by atoms with Crippen LogP contribution in [0.5, 0.6) is 0 Å². The Morgan fingerprint density at radius 1 is 1.00 bits per heavy atom. The van der Waals surface area contributed by atoms with Gasteiger partial charge < -0.3 is 14.7 Å². The molecule has 0 aromatic heterocycles. The normalized spacial score (nSPS) is 17.6. The first-order valence-electron chi connectivity index (χ1n) is 6.68. The van der Waals surface area contributed by atoms with Crippen molar-refractivity contribution in [2.75, 3.05) is 0 Å². The first-order valence-corrected chi connectivity index (χ1v) is 8.36. The van der Waals surface area contributed by atoms with Crippen molar-refractivity contribution < 1.29 is 14.4 Å². The minimum Gasteiger partial charge on any atom is -0.356 e. The largest absolute Gasteiger partial charge is 0.356 e. The van der Waals surface area contributed by atoms with E-state index in [4.69, 9.17) is 0 Å². The van der Waals surface area contributed by atoms with Crippen LogP contribution in [-0.4, -0.2) is 14.7 Å². The molecule has 0 fully saturated rings. The van der Waals surface area contributed by atoms with Crippen molar-refractivity contribution in [1.82, 2.24) is 4.90 Å². The molecular formula is C16H16NO3P. The van der Waals surface area contributed by atoms with Crippen molar-refractivity contribution in [3.05, 3.63) is 77.5 Å². The summed E-state index contributed by atoms with van der Waals surface area (Å²) in [5.41, 5.74) is 2.54. The molecule has 0 bridgehead atoms. The highest BCUT2D eigenvalue weighted by atomic mass is 31.2. The molecule has 108 valence electrons. The summed E-state index contributed by atoms with van der Waals surface area (Å²) in [5, 5.41) is 0. The van der Waals surface area contributed by atoms with Crippen LogP contribution in [0.4, 0.5) is 0 Å². The van der Waals surface area contributed by atoms with Crippen molar-refractivity contribution in [1.29, 1.82) is 0 Å². The molecule has 0 saturated heterocycles. The smallest absolute Gasteiger partial charge is 0.352 e. The second-order valence-electron chi connectivity index (χ2n) is 5.07. The van der Waals surface area contributed by atoms with Crippen molar-refractivity contribution >= 4 is 13.7 Å². The monoisotopic (exact) mass is 301 g/mol. The second-order valence-corrected chi connectivity index (χ2v) is 6.73. The van der Waals surface area contributed by atoms with E-state index in [9.17, 15) is 14.4 Å². The fourth-order valence-electron chi connectivity index (χ4n) is 2.64. The van der Waals surface area contributed by atoms with Crippen molar-refractivity contribution in [3.63, 3.8) is 0 Å². The van der Waals surface area contributed by atoms with Gasteiger partial charge in [0.05, 0.1) is 0 Å². The molecule has 0 saturated carbocycles. The van der Waals surface area contributed by atoms with E-state index in [-0.39, 0.29) is 0 Å². The van der Waals surface area contributed by atoms with Gasteiger partial charge in [0.15, 0.2) is 5.78 Å². The molecule has 1 atom stereocenters. The van der Waals surface area contributed by atoms with Gasteiger partial charge in [-0.05, 0) is 22.8 Å². The summed E-state index contributed by atoms with van der Waals surface area (Å²) in [4.78, 5) is 21.3. The summed E-state index contributed by atoms with van der Waals surface area (Å²) in [6.45, 7) is 0.460. The van der Waals surface area contributed by atoms with Crippen molar-refractivity contribution in [3.8, 4) is 0 Å². The average molecular weight is 301 g/mol. The highest BCUT2D eigenvalue weighted by Gasteiger charge is 2.37. The maximum absolute atomic E-state index is 12.0. The molecule has 2 aromatic rings. The molecule has 0 radical (unpaired) electrons. The summed E-state index contributed by atoms with van der Waals surface area (Å²) < 4.78 is 12.0. The summed E-state index contributed by atoms with van der Waals surface area (Å²) in [7, 11) is -4.29. The minimum atomic E-state index is -4.29. The van der Waals surface area contributed by atoms with Gasteiger partial charge in [0, 0.05) is 12.7 Å². The third kappa shape index (κ3) is 2.93. The Labute approximate surface area is 123 Å². The van der Waals surface area contributed by atoms with Gasteiger partial charge in [-0.1, -0.05) is 54.6 Å². The van der Waals surface area contributed by atoms with Gasteiger partial charge >= 0.3 is 7.60 Å². The lowest BCUT2D eigenvalue weighted by molar-refractivity contribution is 0.268. The third-order valence-electron chi connectivity index (χ3n) is 3.56. The lowest BCUT2D eigenvalue weighted by Gasteiger charge is -2.35. The van der Waals surface area contributed by atoms with Gasteiger partial charge in [0.1, 0.15) is 0 Å². The highest BCUT2D eigenvalue weighted by molar-refractivity contribution is 7.52. The molecule has 1 aliphatic rings. The molecule has 2 aromatic carbocycles. The van der Waals surface area contributed by atoms with Gasteiger partial charge in [-0.15, -0.1) is 0 Å². The van der Waals surface area contributed by atoms with E-state index in [2.05, 4.69) is 0 Å². The first kappa shape index (κ1) is 14.1. The van der Waals surface area contributed by atoms with Crippen LogP contribution in [0.2, 0.25) is 0 Å². The van der Waals surface area contributed by atoms with E-state index >= 15 is 0 Å². The fraction of sp³-hybridized carbons (Fsp3) is 0.125. The Kier molecular flexibility index (Phi) is 3.68. The summed E-state index contributed by atoms with van der Waals surface area (Å²) in [5.74, 6) is -0.932. The highest BCUT2D eigenvalue weighted by Crippen LogP contribution is 2.56. The minimum absolute atomic E-state index is 0.460. The van der Waals surface area contributed by atoms with Crippen LogP contribution in [0.25, 0.3) is 6.08 Å². The van der Waals surface area contributed by atoms with Crippen LogP contribution < -0.4 is 0 Å². The van der Waals surface area contributed by atoms with E-state index in [1.165, 1.54) is 0 Å². The number of hydrogen-bond acceptors (Lipinski definition) is 2. The van der Waals surface area contributed by atoms with Gasteiger partial charge in [-0.2, -0.15) is 0 Å². The second kappa shape index (κ2) is 5.49. The number of benzene rings is 2. The van der Waals surface area contributed by atoms with Gasteiger partial charge in [-0.3, -0.25) is 4.57 Å². The number of hydrogen-bond donors (Lipinski definition) is 2. The Balaban J connectivity index is 2.00. The molecule has 21 heavy (non-hydrogen) atoms. The van der Waals surface area contributed by atoms with E-state index in [1.807, 2.05) is 48.5 Å². The molecule has 0 spiro atoms. The molecule has 1 aliphatic heterocycles. The standard InChI is InChI=1S/C16H16NO3P/c18-21(19,20)16-15-9-5-4-8-14(15)10-11-17(16)12-13-6-2-1-3-7-13/h1-11,16H,12H2,(H2,18,19,20). The average Bonchev–Trinajstić information content (AvgIpc) is 2.47. The van der Waals surface area contributed by atoms with Crippen LogP contribution >= 0.6 is 7.60 Å². The van der Waals surface area contributed by atoms with Crippen LogP contribution in [0.3, 0.4) is 0 Å². The van der Waals surface area contributed by atoms with Gasteiger partial charge in [0.25, 0.3) is 0 Å². The predicted molar refractivity (Wildman–Crippen MR) is 82.2 cm³/mol. The molecule has 4 nitrogen and oxygen atoms in total. The van der Waals surface area contributed by atoms with Crippen LogP contribution in [-0.2, 0) is 11.1 Å². The summed E-state index contributed by atoms with van der Waals surface area (Å²) >= 11 is 0. The Morgan fingerprint density at radius 3 is 2.38 bits per heavy atom. The zero-order chi connectivity index (χ0) is 14.9. The quantitative estimate of drug-likeness (QED) is 0.854. The molecule has 0 aliphatic carbocycles. The fourth-order valence-corrected chi connectivity index (χ4v) is 3.78. The van der Waals surface area contributed by atoms with E-state index < -0.39 is 13.4 Å². The number of nitrogens with zero attached hydrogens (tertiary/aromatic N) is 1. The molecule has 5 heteroatoms. The van der Waals surface area contributed by atoms with E-state index in [0.29, 0.717) is 12.1 Å². The van der Waals surface area contributed by atoms with Crippen LogP contribution in [0.1, 0.15) is 22.5 Å². The summed E-state index contributed by atoms with van der Waals surface area (Å²) in [6.07, 6.45) is 3.66. The van der Waals surface area contributed by atoms with Crippen LogP contribution in [0.15, 0.2) is 60.8 Å². The molecule has 1 heterocycles. The van der Waals surface area contributed by atoms with E-state index in [1.54, 1.807) is 23.2 Å².